The molecule has 0 bridgehead atoms. The lowest BCUT2D eigenvalue weighted by molar-refractivity contribution is 0.0824. The summed E-state index contributed by atoms with van der Waals surface area (Å²) in [4.78, 5) is 12.0. The average molecular weight is 298 g/mol. The van der Waals surface area contributed by atoms with Gasteiger partial charge in [-0.15, -0.1) is 0 Å². The Labute approximate surface area is 109 Å². The van der Waals surface area contributed by atoms with Crippen LogP contribution in [0.15, 0.2) is 28.7 Å². The molecular formula is C13H16BrNO2. The van der Waals surface area contributed by atoms with Gasteiger partial charge in [0.2, 0.25) is 0 Å². The van der Waals surface area contributed by atoms with E-state index < -0.39 is 5.54 Å². The Hall–Kier alpha value is -0.870. The van der Waals surface area contributed by atoms with Crippen molar-refractivity contribution in [2.24, 2.45) is 5.92 Å². The largest absolute Gasteiger partial charge is 0.394 e. The van der Waals surface area contributed by atoms with Crippen LogP contribution in [0.25, 0.3) is 0 Å². The van der Waals surface area contributed by atoms with Crippen LogP contribution in [-0.2, 0) is 0 Å². The van der Waals surface area contributed by atoms with Crippen molar-refractivity contribution in [3.05, 3.63) is 34.3 Å². The van der Waals surface area contributed by atoms with E-state index in [2.05, 4.69) is 21.2 Å². The maximum absolute atomic E-state index is 12.0. The monoisotopic (exact) mass is 297 g/mol. The molecule has 1 amide bonds. The summed E-state index contributed by atoms with van der Waals surface area (Å²) in [6.07, 6.45) is 2.16. The number of hydrogen-bond donors (Lipinski definition) is 2. The third-order valence-electron chi connectivity index (χ3n) is 3.31. The molecule has 0 aliphatic heterocycles. The summed E-state index contributed by atoms with van der Waals surface area (Å²) in [5.41, 5.74) is 0.137. The molecule has 1 fully saturated rings. The van der Waals surface area contributed by atoms with Gasteiger partial charge in [0.05, 0.1) is 12.1 Å². The molecule has 1 saturated carbocycles. The number of carbonyl (C=O) groups excluding carboxylic acids is 1. The molecule has 1 unspecified atom stereocenters. The third-order valence-corrected chi connectivity index (χ3v) is 3.84. The molecule has 2 rings (SSSR count). The van der Waals surface area contributed by atoms with E-state index in [4.69, 9.17) is 0 Å². The number of amides is 1. The summed E-state index contributed by atoms with van der Waals surface area (Å²) in [6.45, 7) is 1.89. The first-order chi connectivity index (χ1) is 8.05. The Morgan fingerprint density at radius 1 is 1.47 bits per heavy atom. The maximum Gasteiger partial charge on any atom is 0.251 e. The molecule has 0 spiro atoms. The zero-order valence-electron chi connectivity index (χ0n) is 9.74. The van der Waals surface area contributed by atoms with Crippen molar-refractivity contribution in [1.82, 2.24) is 5.32 Å². The van der Waals surface area contributed by atoms with Crippen molar-refractivity contribution >= 4 is 21.8 Å². The van der Waals surface area contributed by atoms with Gasteiger partial charge in [-0.05, 0) is 49.9 Å². The standard InChI is InChI=1S/C13H16BrNO2/c1-13(8-16,10-4-5-10)15-12(17)9-2-6-11(14)7-3-9/h2-3,6-7,10,16H,4-5,8H2,1H3,(H,15,17). The van der Waals surface area contributed by atoms with Gasteiger partial charge in [-0.25, -0.2) is 0 Å². The van der Waals surface area contributed by atoms with Gasteiger partial charge in [-0.2, -0.15) is 0 Å². The van der Waals surface area contributed by atoms with E-state index in [-0.39, 0.29) is 12.5 Å². The van der Waals surface area contributed by atoms with E-state index >= 15 is 0 Å². The first-order valence-corrected chi connectivity index (χ1v) is 6.53. The molecular weight excluding hydrogens is 282 g/mol. The van der Waals surface area contributed by atoms with Crippen molar-refractivity contribution in [1.29, 1.82) is 0 Å². The summed E-state index contributed by atoms with van der Waals surface area (Å²) in [7, 11) is 0. The maximum atomic E-state index is 12.0. The van der Waals surface area contributed by atoms with E-state index in [9.17, 15) is 9.90 Å². The van der Waals surface area contributed by atoms with Crippen LogP contribution in [0, 0.1) is 5.92 Å². The Morgan fingerprint density at radius 2 is 2.06 bits per heavy atom. The topological polar surface area (TPSA) is 49.3 Å². The fourth-order valence-corrected chi connectivity index (χ4v) is 2.19. The van der Waals surface area contributed by atoms with Gasteiger partial charge in [-0.1, -0.05) is 15.9 Å². The highest BCUT2D eigenvalue weighted by Crippen LogP contribution is 2.39. The Kier molecular flexibility index (Phi) is 3.54. The number of rotatable bonds is 4. The van der Waals surface area contributed by atoms with Crippen molar-refractivity contribution in [3.63, 3.8) is 0 Å². The summed E-state index contributed by atoms with van der Waals surface area (Å²) >= 11 is 3.33. The minimum atomic E-state index is -0.482. The van der Waals surface area contributed by atoms with Crippen LogP contribution in [0.1, 0.15) is 30.1 Å². The normalized spacial score (nSPS) is 18.5. The molecule has 2 N–H and O–H groups in total. The van der Waals surface area contributed by atoms with Gasteiger partial charge in [0.1, 0.15) is 0 Å². The summed E-state index contributed by atoms with van der Waals surface area (Å²) in [5.74, 6) is 0.285. The van der Waals surface area contributed by atoms with Gasteiger partial charge in [-0.3, -0.25) is 4.79 Å². The number of nitrogens with one attached hydrogen (secondary N) is 1. The molecule has 1 aliphatic carbocycles. The van der Waals surface area contributed by atoms with Crippen LogP contribution in [0.3, 0.4) is 0 Å². The molecule has 0 heterocycles. The number of benzene rings is 1. The lowest BCUT2D eigenvalue weighted by atomic mass is 9.96. The molecule has 3 nitrogen and oxygen atoms in total. The van der Waals surface area contributed by atoms with Gasteiger partial charge in [0, 0.05) is 10.0 Å². The third kappa shape index (κ3) is 2.87. The molecule has 1 atom stereocenters. The van der Waals surface area contributed by atoms with Crippen molar-refractivity contribution in [3.8, 4) is 0 Å². The fraction of sp³-hybridized carbons (Fsp3) is 0.462. The minimum absolute atomic E-state index is 0.0140. The average Bonchev–Trinajstić information content (AvgIpc) is 3.13. The Morgan fingerprint density at radius 3 is 2.53 bits per heavy atom. The van der Waals surface area contributed by atoms with E-state index in [0.29, 0.717) is 11.5 Å². The van der Waals surface area contributed by atoms with Crippen LogP contribution >= 0.6 is 15.9 Å². The van der Waals surface area contributed by atoms with E-state index in [1.165, 1.54) is 0 Å². The fourth-order valence-electron chi connectivity index (χ4n) is 1.92. The zero-order chi connectivity index (χ0) is 12.5. The number of aliphatic hydroxyl groups is 1. The number of aliphatic hydroxyl groups excluding tert-OH is 1. The molecule has 92 valence electrons. The van der Waals surface area contributed by atoms with E-state index in [0.717, 1.165) is 17.3 Å². The quantitative estimate of drug-likeness (QED) is 0.896. The predicted molar refractivity (Wildman–Crippen MR) is 69.8 cm³/mol. The summed E-state index contributed by atoms with van der Waals surface area (Å²) in [5, 5.41) is 12.3. The lowest BCUT2D eigenvalue weighted by Crippen LogP contribution is -2.50. The second-order valence-corrected chi connectivity index (χ2v) is 5.73. The Bertz CT molecular complexity index is 414. The van der Waals surface area contributed by atoms with E-state index in [1.807, 2.05) is 19.1 Å². The molecule has 0 saturated heterocycles. The number of carbonyl (C=O) groups is 1. The molecule has 17 heavy (non-hydrogen) atoms. The minimum Gasteiger partial charge on any atom is -0.394 e. The van der Waals surface area contributed by atoms with Gasteiger partial charge in [0.15, 0.2) is 0 Å². The van der Waals surface area contributed by atoms with Crippen LogP contribution in [0.5, 0.6) is 0 Å². The molecule has 0 radical (unpaired) electrons. The SMILES string of the molecule is CC(CO)(NC(=O)c1ccc(Br)cc1)C1CC1. The predicted octanol–water partition coefficient (Wildman–Crippen LogP) is 2.34. The summed E-state index contributed by atoms with van der Waals surface area (Å²) in [6, 6.07) is 7.21. The lowest BCUT2D eigenvalue weighted by Gasteiger charge is -2.28. The van der Waals surface area contributed by atoms with Crippen molar-refractivity contribution < 1.29 is 9.90 Å². The summed E-state index contributed by atoms with van der Waals surface area (Å²) < 4.78 is 0.946. The highest BCUT2D eigenvalue weighted by molar-refractivity contribution is 9.10. The van der Waals surface area contributed by atoms with Crippen LogP contribution in [0.2, 0.25) is 0 Å². The molecule has 1 aromatic rings. The highest BCUT2D eigenvalue weighted by atomic mass is 79.9. The first kappa shape index (κ1) is 12.6. The van der Waals surface area contributed by atoms with Crippen LogP contribution < -0.4 is 5.32 Å². The second kappa shape index (κ2) is 4.78. The highest BCUT2D eigenvalue weighted by Gasteiger charge is 2.42. The van der Waals surface area contributed by atoms with Gasteiger partial charge in [0.25, 0.3) is 5.91 Å². The second-order valence-electron chi connectivity index (χ2n) is 4.81. The molecule has 1 aromatic carbocycles. The van der Waals surface area contributed by atoms with Gasteiger partial charge >= 0.3 is 0 Å². The molecule has 0 aromatic heterocycles. The first-order valence-electron chi connectivity index (χ1n) is 5.74. The molecule has 4 heteroatoms. The van der Waals surface area contributed by atoms with Crippen LogP contribution in [0.4, 0.5) is 0 Å². The van der Waals surface area contributed by atoms with Crippen LogP contribution in [-0.4, -0.2) is 23.2 Å². The zero-order valence-corrected chi connectivity index (χ0v) is 11.3. The smallest absolute Gasteiger partial charge is 0.251 e. The Balaban J connectivity index is 2.07. The van der Waals surface area contributed by atoms with Crippen molar-refractivity contribution in [2.75, 3.05) is 6.61 Å². The molecule has 1 aliphatic rings. The number of hydrogen-bond acceptors (Lipinski definition) is 2. The van der Waals surface area contributed by atoms with Crippen molar-refractivity contribution in [2.45, 2.75) is 25.3 Å². The number of halogens is 1. The van der Waals surface area contributed by atoms with E-state index in [1.54, 1.807) is 12.1 Å². The van der Waals surface area contributed by atoms with Gasteiger partial charge < -0.3 is 10.4 Å².